The Morgan fingerprint density at radius 2 is 2.07 bits per heavy atom. The highest BCUT2D eigenvalue weighted by Gasteiger charge is 2.30. The lowest BCUT2D eigenvalue weighted by atomic mass is 10.3. The molecular weight excluding hydrogens is 365 g/mol. The summed E-state index contributed by atoms with van der Waals surface area (Å²) in [6.07, 6.45) is -4.50. The molecule has 1 aromatic heterocycles. The molecule has 0 atom stereocenters. The van der Waals surface area contributed by atoms with Crippen molar-refractivity contribution in [2.24, 2.45) is 0 Å². The zero-order chi connectivity index (χ0) is 11.6. The fourth-order valence-electron chi connectivity index (χ4n) is 0.705. The molecule has 0 aliphatic rings. The third kappa shape index (κ3) is 4.12. The molecule has 0 saturated heterocycles. The number of esters is 1. The van der Waals surface area contributed by atoms with Crippen LogP contribution in [0.3, 0.4) is 0 Å². The van der Waals surface area contributed by atoms with Crippen LogP contribution in [0.5, 0.6) is 0 Å². The highest BCUT2D eigenvalue weighted by atomic mass is 79.9. The molecule has 0 bridgehead atoms. The maximum absolute atomic E-state index is 11.7. The third-order valence-electron chi connectivity index (χ3n) is 1.24. The van der Waals surface area contributed by atoms with Gasteiger partial charge in [0.25, 0.3) is 0 Å². The molecule has 0 aliphatic heterocycles. The Morgan fingerprint density at radius 3 is 2.47 bits per heavy atom. The Morgan fingerprint density at radius 1 is 1.47 bits per heavy atom. The van der Waals surface area contributed by atoms with Gasteiger partial charge in [-0.3, -0.25) is 0 Å². The summed E-state index contributed by atoms with van der Waals surface area (Å²) in [6, 6.07) is 1.40. The second-order valence-electron chi connectivity index (χ2n) is 2.43. The highest BCUT2D eigenvalue weighted by molar-refractivity contribution is 9.12. The van der Waals surface area contributed by atoms with Crippen LogP contribution in [0.25, 0.3) is 0 Å². The molecule has 2 nitrogen and oxygen atoms in total. The van der Waals surface area contributed by atoms with E-state index in [2.05, 4.69) is 36.6 Å². The van der Waals surface area contributed by atoms with E-state index in [9.17, 15) is 18.0 Å². The number of halogens is 5. The largest absolute Gasteiger partial charge is 0.452 e. The van der Waals surface area contributed by atoms with Gasteiger partial charge in [-0.2, -0.15) is 13.2 Å². The molecule has 0 unspecified atom stereocenters. The van der Waals surface area contributed by atoms with Gasteiger partial charge in [-0.25, -0.2) is 4.79 Å². The van der Waals surface area contributed by atoms with Crippen molar-refractivity contribution < 1.29 is 22.7 Å². The molecule has 0 spiro atoms. The molecular formula is C7H3Br2F3O2S. The predicted octanol–water partition coefficient (Wildman–Crippen LogP) is 3.99. The summed E-state index contributed by atoms with van der Waals surface area (Å²) >= 11 is 7.33. The molecule has 15 heavy (non-hydrogen) atoms. The summed E-state index contributed by atoms with van der Waals surface area (Å²) in [4.78, 5) is 11.2. The minimum absolute atomic E-state index is 0.0797. The van der Waals surface area contributed by atoms with Crippen molar-refractivity contribution in [3.05, 3.63) is 19.2 Å². The minimum Gasteiger partial charge on any atom is -0.452 e. The van der Waals surface area contributed by atoms with E-state index in [0.29, 0.717) is 7.57 Å². The summed E-state index contributed by atoms with van der Waals surface area (Å²) in [5, 5.41) is 0. The monoisotopic (exact) mass is 366 g/mol. The van der Waals surface area contributed by atoms with Crippen LogP contribution in [0.1, 0.15) is 10.4 Å². The Labute approximate surface area is 104 Å². The van der Waals surface area contributed by atoms with E-state index >= 15 is 0 Å². The summed E-state index contributed by atoms with van der Waals surface area (Å²) in [5.41, 5.74) is 0.0797. The molecule has 0 fully saturated rings. The number of hydrogen-bond acceptors (Lipinski definition) is 3. The fraction of sp³-hybridized carbons (Fsp3) is 0.286. The van der Waals surface area contributed by atoms with Gasteiger partial charge in [0.1, 0.15) is 0 Å². The molecule has 1 aromatic rings. The molecule has 0 N–H and O–H groups in total. The lowest BCUT2D eigenvalue weighted by Crippen LogP contribution is -2.20. The molecule has 1 rings (SSSR count). The highest BCUT2D eigenvalue weighted by Crippen LogP contribution is 2.32. The number of thiophene rings is 1. The third-order valence-corrected chi connectivity index (χ3v) is 3.58. The van der Waals surface area contributed by atoms with Gasteiger partial charge in [-0.05, 0) is 37.9 Å². The number of alkyl halides is 3. The Kier molecular flexibility index (Phi) is 4.19. The molecule has 84 valence electrons. The van der Waals surface area contributed by atoms with E-state index in [4.69, 9.17) is 0 Å². The van der Waals surface area contributed by atoms with Crippen molar-refractivity contribution in [2.45, 2.75) is 6.18 Å². The zero-order valence-electron chi connectivity index (χ0n) is 6.90. The van der Waals surface area contributed by atoms with Gasteiger partial charge in [0.05, 0.1) is 13.1 Å². The van der Waals surface area contributed by atoms with Crippen LogP contribution in [-0.4, -0.2) is 18.8 Å². The van der Waals surface area contributed by atoms with Crippen LogP contribution in [-0.2, 0) is 4.74 Å². The molecule has 8 heteroatoms. The Hall–Kier alpha value is -0.0800. The van der Waals surface area contributed by atoms with Crippen molar-refractivity contribution in [3.63, 3.8) is 0 Å². The first-order chi connectivity index (χ1) is 6.79. The SMILES string of the molecule is O=C(OCC(F)(F)F)c1cc(Br)sc1Br. The summed E-state index contributed by atoms with van der Waals surface area (Å²) in [6.45, 7) is -1.58. The van der Waals surface area contributed by atoms with Crippen molar-refractivity contribution >= 4 is 49.2 Å². The van der Waals surface area contributed by atoms with Gasteiger partial charge in [-0.1, -0.05) is 0 Å². The van der Waals surface area contributed by atoms with Gasteiger partial charge in [0.2, 0.25) is 0 Å². The number of carbonyl (C=O) groups excluding carboxylic acids is 1. The van der Waals surface area contributed by atoms with E-state index < -0.39 is 18.8 Å². The number of carbonyl (C=O) groups is 1. The van der Waals surface area contributed by atoms with Crippen LogP contribution >= 0.6 is 43.2 Å². The van der Waals surface area contributed by atoms with Crippen LogP contribution in [0.2, 0.25) is 0 Å². The smallest absolute Gasteiger partial charge is 0.422 e. The van der Waals surface area contributed by atoms with E-state index in [-0.39, 0.29) is 5.56 Å². The summed E-state index contributed by atoms with van der Waals surface area (Å²) < 4.78 is 40.4. The first-order valence-electron chi connectivity index (χ1n) is 3.48. The maximum Gasteiger partial charge on any atom is 0.422 e. The number of rotatable bonds is 2. The lowest BCUT2D eigenvalue weighted by molar-refractivity contribution is -0.161. The van der Waals surface area contributed by atoms with Crippen molar-refractivity contribution in [2.75, 3.05) is 6.61 Å². The molecule has 0 amide bonds. The van der Waals surface area contributed by atoms with Crippen LogP contribution in [0.4, 0.5) is 13.2 Å². The number of ether oxygens (including phenoxy) is 1. The van der Waals surface area contributed by atoms with Crippen molar-refractivity contribution in [1.82, 2.24) is 0 Å². The maximum atomic E-state index is 11.7. The van der Waals surface area contributed by atoms with E-state index in [1.54, 1.807) is 0 Å². The van der Waals surface area contributed by atoms with Crippen LogP contribution in [0.15, 0.2) is 13.6 Å². The second-order valence-corrected chi connectivity index (χ2v) is 6.18. The second kappa shape index (κ2) is 4.84. The van der Waals surface area contributed by atoms with Gasteiger partial charge in [-0.15, -0.1) is 11.3 Å². The average Bonchev–Trinajstić information content (AvgIpc) is 2.40. The normalized spacial score (nSPS) is 11.5. The number of hydrogen-bond donors (Lipinski definition) is 0. The average molecular weight is 368 g/mol. The van der Waals surface area contributed by atoms with Crippen LogP contribution < -0.4 is 0 Å². The Balaban J connectivity index is 2.66. The molecule has 0 radical (unpaired) electrons. The molecule has 0 aromatic carbocycles. The van der Waals surface area contributed by atoms with E-state index in [0.717, 1.165) is 0 Å². The molecule has 0 saturated carbocycles. The quantitative estimate of drug-likeness (QED) is 0.739. The van der Waals surface area contributed by atoms with Crippen LogP contribution in [0, 0.1) is 0 Å². The van der Waals surface area contributed by atoms with E-state index in [1.807, 2.05) is 0 Å². The fourth-order valence-corrected chi connectivity index (χ4v) is 3.47. The van der Waals surface area contributed by atoms with Gasteiger partial charge in [0.15, 0.2) is 6.61 Å². The first kappa shape index (κ1) is 13.0. The zero-order valence-corrected chi connectivity index (χ0v) is 10.9. The Bertz CT molecular complexity index is 375. The van der Waals surface area contributed by atoms with Crippen molar-refractivity contribution in [3.8, 4) is 0 Å². The van der Waals surface area contributed by atoms with E-state index in [1.165, 1.54) is 17.4 Å². The van der Waals surface area contributed by atoms with Gasteiger partial charge < -0.3 is 4.74 Å². The summed E-state index contributed by atoms with van der Waals surface area (Å²) in [5.74, 6) is -0.999. The summed E-state index contributed by atoms with van der Waals surface area (Å²) in [7, 11) is 0. The topological polar surface area (TPSA) is 26.3 Å². The molecule has 1 heterocycles. The minimum atomic E-state index is -4.50. The van der Waals surface area contributed by atoms with Gasteiger partial charge in [0, 0.05) is 0 Å². The molecule has 0 aliphatic carbocycles. The van der Waals surface area contributed by atoms with Gasteiger partial charge >= 0.3 is 12.1 Å². The lowest BCUT2D eigenvalue weighted by Gasteiger charge is -2.06. The predicted molar refractivity (Wildman–Crippen MR) is 56.1 cm³/mol. The first-order valence-corrected chi connectivity index (χ1v) is 5.88. The van der Waals surface area contributed by atoms with Crippen molar-refractivity contribution in [1.29, 1.82) is 0 Å². The standard InChI is InChI=1S/C7H3Br2F3O2S/c8-4-1-3(5(9)15-4)6(13)14-2-7(10,11)12/h1H,2H2.